The van der Waals surface area contributed by atoms with Crippen LogP contribution in [0.5, 0.6) is 23.0 Å². The van der Waals surface area contributed by atoms with Crippen molar-refractivity contribution in [3.05, 3.63) is 109 Å². The van der Waals surface area contributed by atoms with Crippen LogP contribution in [-0.2, 0) is 38.1 Å². The molecule has 0 fully saturated rings. The molecule has 0 aliphatic heterocycles. The smallest absolute Gasteiger partial charge is 0.344 e. The van der Waals surface area contributed by atoms with Crippen LogP contribution in [-0.4, -0.2) is 75.5 Å². The summed E-state index contributed by atoms with van der Waals surface area (Å²) < 4.78 is 41.8. The van der Waals surface area contributed by atoms with Gasteiger partial charge in [0, 0.05) is 12.2 Å². The highest BCUT2D eigenvalue weighted by Crippen LogP contribution is 2.21. The SMILES string of the molecule is C=CC(=O)OCCCCCCOC(=O)COc1ccc(C(=O)Oc2ccc(OC(=O)c3ccc(OCC(=O)OCCCCCCOC(=O)C=C)cc3)cc2)cc1. The summed E-state index contributed by atoms with van der Waals surface area (Å²) >= 11 is 0. The summed E-state index contributed by atoms with van der Waals surface area (Å²) in [5, 5.41) is 0. The van der Waals surface area contributed by atoms with Crippen molar-refractivity contribution < 1.29 is 66.7 Å². The third kappa shape index (κ3) is 18.1. The molecule has 0 aliphatic carbocycles. The normalized spacial score (nSPS) is 10.3. The van der Waals surface area contributed by atoms with Crippen LogP contribution < -0.4 is 18.9 Å². The highest BCUT2D eigenvalue weighted by molar-refractivity contribution is 5.92. The predicted octanol–water partition coefficient (Wildman–Crippen LogP) is 6.55. The minimum atomic E-state index is -0.632. The summed E-state index contributed by atoms with van der Waals surface area (Å²) in [6.45, 7) is 7.23. The van der Waals surface area contributed by atoms with E-state index in [9.17, 15) is 28.8 Å². The third-order valence-corrected chi connectivity index (χ3v) is 7.56. The summed E-state index contributed by atoms with van der Waals surface area (Å²) in [6, 6.07) is 18.0. The molecule has 0 bridgehead atoms. The van der Waals surface area contributed by atoms with Crippen LogP contribution >= 0.6 is 0 Å². The van der Waals surface area contributed by atoms with E-state index in [0.29, 0.717) is 50.4 Å². The fraction of sp³-hybridized carbons (Fsp3) is 0.333. The van der Waals surface area contributed by atoms with Crippen molar-refractivity contribution in [2.24, 2.45) is 0 Å². The van der Waals surface area contributed by atoms with Crippen molar-refractivity contribution in [1.29, 1.82) is 0 Å². The van der Waals surface area contributed by atoms with Gasteiger partial charge in [-0.15, -0.1) is 0 Å². The van der Waals surface area contributed by atoms with Crippen molar-refractivity contribution in [3.63, 3.8) is 0 Å². The summed E-state index contributed by atoms with van der Waals surface area (Å²) in [5.41, 5.74) is 0.487. The molecule has 0 unspecified atom stereocenters. The van der Waals surface area contributed by atoms with E-state index in [-0.39, 0.29) is 49.1 Å². The molecule has 0 atom stereocenters. The fourth-order valence-electron chi connectivity index (χ4n) is 4.60. The quantitative estimate of drug-likeness (QED) is 0.0282. The lowest BCUT2D eigenvalue weighted by Crippen LogP contribution is -2.15. The van der Waals surface area contributed by atoms with Crippen LogP contribution in [0.3, 0.4) is 0 Å². The zero-order chi connectivity index (χ0) is 40.4. The van der Waals surface area contributed by atoms with E-state index in [4.69, 9.17) is 37.9 Å². The first-order chi connectivity index (χ1) is 27.2. The second kappa shape index (κ2) is 25.6. The lowest BCUT2D eigenvalue weighted by atomic mass is 10.2. The highest BCUT2D eigenvalue weighted by atomic mass is 16.6. The molecule has 14 heteroatoms. The van der Waals surface area contributed by atoms with Gasteiger partial charge in [-0.2, -0.15) is 0 Å². The molecule has 3 rings (SSSR count). The number of carbonyl (C=O) groups is 6. The van der Waals surface area contributed by atoms with Crippen LogP contribution in [0.15, 0.2) is 98.1 Å². The van der Waals surface area contributed by atoms with Crippen molar-refractivity contribution in [2.75, 3.05) is 39.6 Å². The van der Waals surface area contributed by atoms with Crippen molar-refractivity contribution in [2.45, 2.75) is 51.4 Å². The Hall–Kier alpha value is -6.44. The first-order valence-corrected chi connectivity index (χ1v) is 18.1. The molecule has 0 saturated carbocycles. The van der Waals surface area contributed by atoms with Crippen LogP contribution in [0.25, 0.3) is 0 Å². The van der Waals surface area contributed by atoms with Crippen molar-refractivity contribution in [1.82, 2.24) is 0 Å². The lowest BCUT2D eigenvalue weighted by molar-refractivity contribution is -0.147. The van der Waals surface area contributed by atoms with Crippen molar-refractivity contribution in [3.8, 4) is 23.0 Å². The maximum atomic E-state index is 12.6. The van der Waals surface area contributed by atoms with Crippen LogP contribution in [0.2, 0.25) is 0 Å². The van der Waals surface area contributed by atoms with Crippen LogP contribution in [0, 0.1) is 0 Å². The van der Waals surface area contributed by atoms with Gasteiger partial charge in [0.1, 0.15) is 23.0 Å². The Balaban J connectivity index is 1.29. The maximum absolute atomic E-state index is 12.6. The second-order valence-corrected chi connectivity index (χ2v) is 11.9. The molecule has 0 spiro atoms. The molecule has 56 heavy (non-hydrogen) atoms. The Morgan fingerprint density at radius 3 is 1.04 bits per heavy atom. The average Bonchev–Trinajstić information content (AvgIpc) is 3.21. The number of carbonyl (C=O) groups excluding carboxylic acids is 6. The third-order valence-electron chi connectivity index (χ3n) is 7.56. The van der Waals surface area contributed by atoms with Gasteiger partial charge >= 0.3 is 35.8 Å². The fourth-order valence-corrected chi connectivity index (χ4v) is 4.60. The van der Waals surface area contributed by atoms with E-state index in [1.165, 1.54) is 72.8 Å². The Bertz CT molecular complexity index is 1600. The number of ether oxygens (including phenoxy) is 8. The number of hydrogen-bond donors (Lipinski definition) is 0. The molecule has 0 heterocycles. The Morgan fingerprint density at radius 2 is 0.714 bits per heavy atom. The second-order valence-electron chi connectivity index (χ2n) is 11.9. The predicted molar refractivity (Wildman–Crippen MR) is 201 cm³/mol. The zero-order valence-electron chi connectivity index (χ0n) is 31.1. The standard InChI is InChI=1S/C42H46O14/c1-3-37(43)49-25-9-5-7-11-27-51-39(45)29-53-33-17-13-31(14-18-33)41(47)55-35-21-23-36(24-22-35)56-42(48)32-15-19-34(20-16-32)54-30-40(46)52-28-12-8-6-10-26-50-38(44)4-2/h3-4,13-24H,1-2,5-12,25-30H2. The van der Waals surface area contributed by atoms with Crippen LogP contribution in [0.4, 0.5) is 0 Å². The number of rotatable bonds is 26. The molecule has 3 aromatic rings. The van der Waals surface area contributed by atoms with Gasteiger partial charge in [-0.25, -0.2) is 28.8 Å². The summed E-state index contributed by atoms with van der Waals surface area (Å²) in [6.07, 6.45) is 8.30. The largest absolute Gasteiger partial charge is 0.482 e. The molecular weight excluding hydrogens is 728 g/mol. The minimum absolute atomic E-state index is 0.220. The number of unbranched alkanes of at least 4 members (excludes halogenated alkanes) is 6. The monoisotopic (exact) mass is 774 g/mol. The molecule has 0 aliphatic rings. The van der Waals surface area contributed by atoms with Gasteiger partial charge in [-0.1, -0.05) is 13.2 Å². The summed E-state index contributed by atoms with van der Waals surface area (Å²) in [7, 11) is 0. The van der Waals surface area contributed by atoms with E-state index in [1.54, 1.807) is 0 Å². The molecule has 0 saturated heterocycles. The van der Waals surface area contributed by atoms with Gasteiger partial charge in [0.2, 0.25) is 0 Å². The molecule has 0 N–H and O–H groups in total. The minimum Gasteiger partial charge on any atom is -0.482 e. The maximum Gasteiger partial charge on any atom is 0.344 e. The summed E-state index contributed by atoms with van der Waals surface area (Å²) in [4.78, 5) is 71.2. The first kappa shape index (κ1) is 44.0. The highest BCUT2D eigenvalue weighted by Gasteiger charge is 2.13. The zero-order valence-corrected chi connectivity index (χ0v) is 31.1. The molecule has 0 radical (unpaired) electrons. The summed E-state index contributed by atoms with van der Waals surface area (Å²) in [5.74, 6) is -2.04. The Kier molecular flexibility index (Phi) is 20.1. The van der Waals surface area contributed by atoms with Crippen molar-refractivity contribution >= 4 is 35.8 Å². The van der Waals surface area contributed by atoms with Gasteiger partial charge in [0.25, 0.3) is 0 Å². The molecule has 14 nitrogen and oxygen atoms in total. The topological polar surface area (TPSA) is 176 Å². The van der Waals surface area contributed by atoms with E-state index >= 15 is 0 Å². The molecular formula is C42H46O14. The van der Waals surface area contributed by atoms with Gasteiger partial charge in [0.15, 0.2) is 13.2 Å². The van der Waals surface area contributed by atoms with Gasteiger partial charge in [0.05, 0.1) is 37.6 Å². The number of esters is 6. The number of benzene rings is 3. The molecule has 298 valence electrons. The Morgan fingerprint density at radius 1 is 0.411 bits per heavy atom. The van der Waals surface area contributed by atoms with E-state index < -0.39 is 35.8 Å². The molecule has 3 aromatic carbocycles. The van der Waals surface area contributed by atoms with Crippen LogP contribution in [0.1, 0.15) is 72.1 Å². The lowest BCUT2D eigenvalue weighted by Gasteiger charge is -2.09. The van der Waals surface area contributed by atoms with E-state index in [2.05, 4.69) is 13.2 Å². The Labute approximate surface area is 325 Å². The van der Waals surface area contributed by atoms with Gasteiger partial charge in [-0.3, -0.25) is 0 Å². The molecule has 0 aromatic heterocycles. The average molecular weight is 775 g/mol. The van der Waals surface area contributed by atoms with Gasteiger partial charge in [-0.05, 0) is 124 Å². The first-order valence-electron chi connectivity index (χ1n) is 18.1. The van der Waals surface area contributed by atoms with E-state index in [1.807, 2.05) is 0 Å². The number of hydrogen-bond acceptors (Lipinski definition) is 14. The van der Waals surface area contributed by atoms with E-state index in [0.717, 1.165) is 37.8 Å². The molecule has 0 amide bonds. The van der Waals surface area contributed by atoms with Gasteiger partial charge < -0.3 is 37.9 Å².